The molecule has 1 atom stereocenters. The van der Waals surface area contributed by atoms with E-state index >= 15 is 0 Å². The Bertz CT molecular complexity index is 376. The van der Waals surface area contributed by atoms with Crippen molar-refractivity contribution in [3.63, 3.8) is 0 Å². The average Bonchev–Trinajstić information content (AvgIpc) is 2.79. The largest absolute Gasteiger partial charge is 0.460 e. The molecule has 0 saturated carbocycles. The molecule has 1 aliphatic heterocycles. The van der Waals surface area contributed by atoms with Gasteiger partial charge in [-0.3, -0.25) is 5.10 Å². The number of nitrogens with zero attached hydrogens (tertiary/aromatic N) is 2. The minimum atomic E-state index is -0.471. The van der Waals surface area contributed by atoms with E-state index in [0.29, 0.717) is 12.6 Å². The first kappa shape index (κ1) is 12.4. The summed E-state index contributed by atoms with van der Waals surface area (Å²) in [6, 6.07) is 0.400. The molecular weight excluding hydrogens is 240 g/mol. The van der Waals surface area contributed by atoms with Crippen molar-refractivity contribution in [2.45, 2.75) is 19.4 Å². The van der Waals surface area contributed by atoms with Crippen LogP contribution in [-0.4, -0.2) is 51.8 Å². The van der Waals surface area contributed by atoms with Gasteiger partial charge < -0.3 is 10.1 Å². The first-order valence-electron chi connectivity index (χ1n) is 5.69. The zero-order valence-corrected chi connectivity index (χ0v) is 10.5. The van der Waals surface area contributed by atoms with E-state index in [1.54, 1.807) is 6.92 Å². The number of hydrogen-bond acceptors (Lipinski definition) is 6. The van der Waals surface area contributed by atoms with Crippen LogP contribution in [0.25, 0.3) is 0 Å². The molecule has 2 rings (SSSR count). The molecule has 1 aliphatic rings. The fraction of sp³-hybridized carbons (Fsp3) is 0.700. The Kier molecular flexibility index (Phi) is 4.38. The molecular formula is C10H16N4O2S. The number of aromatic amines is 1. The summed E-state index contributed by atoms with van der Waals surface area (Å²) in [4.78, 5) is 15.5. The van der Waals surface area contributed by atoms with Crippen molar-refractivity contribution < 1.29 is 9.53 Å². The number of carbonyl (C=O) groups is 1. The number of ether oxygens (including phenoxy) is 1. The van der Waals surface area contributed by atoms with Gasteiger partial charge in [-0.1, -0.05) is 0 Å². The Morgan fingerprint density at radius 2 is 2.53 bits per heavy atom. The van der Waals surface area contributed by atoms with Crippen LogP contribution in [0.2, 0.25) is 0 Å². The fourth-order valence-corrected chi connectivity index (χ4v) is 2.61. The molecule has 0 amide bonds. The third kappa shape index (κ3) is 3.44. The first-order valence-corrected chi connectivity index (χ1v) is 6.84. The lowest BCUT2D eigenvalue weighted by Gasteiger charge is -2.21. The average molecular weight is 256 g/mol. The molecule has 94 valence electrons. The van der Waals surface area contributed by atoms with Crippen molar-refractivity contribution in [2.24, 2.45) is 0 Å². The zero-order valence-electron chi connectivity index (χ0n) is 9.73. The SMILES string of the molecule is CCOC(=O)c1n[nH]c(CC2CSCCN2)n1. The number of thioether (sulfide) groups is 1. The molecule has 0 aliphatic carbocycles. The van der Waals surface area contributed by atoms with Crippen molar-refractivity contribution in [3.8, 4) is 0 Å². The van der Waals surface area contributed by atoms with Gasteiger partial charge in [-0.05, 0) is 6.92 Å². The fourth-order valence-electron chi connectivity index (χ4n) is 1.66. The highest BCUT2D eigenvalue weighted by Gasteiger charge is 2.18. The van der Waals surface area contributed by atoms with Crippen LogP contribution in [0.4, 0.5) is 0 Å². The van der Waals surface area contributed by atoms with E-state index in [2.05, 4.69) is 20.5 Å². The van der Waals surface area contributed by atoms with Crippen molar-refractivity contribution in [1.82, 2.24) is 20.5 Å². The Labute approximate surface area is 104 Å². The van der Waals surface area contributed by atoms with Gasteiger partial charge in [0, 0.05) is 30.5 Å². The third-order valence-corrected chi connectivity index (χ3v) is 3.56. The second-order valence-corrected chi connectivity index (χ2v) is 4.91. The predicted octanol–water partition coefficient (Wildman–Crippen LogP) is 0.229. The number of rotatable bonds is 4. The van der Waals surface area contributed by atoms with Gasteiger partial charge in [0.05, 0.1) is 6.61 Å². The Morgan fingerprint density at radius 3 is 3.24 bits per heavy atom. The number of esters is 1. The number of carbonyl (C=O) groups excluding carboxylic acids is 1. The second kappa shape index (κ2) is 6.02. The van der Waals surface area contributed by atoms with E-state index in [9.17, 15) is 4.79 Å². The maximum atomic E-state index is 11.4. The smallest absolute Gasteiger partial charge is 0.378 e. The lowest BCUT2D eigenvalue weighted by Crippen LogP contribution is -2.39. The molecule has 0 aromatic carbocycles. The summed E-state index contributed by atoms with van der Waals surface area (Å²) >= 11 is 1.93. The normalized spacial score (nSPS) is 20.2. The Morgan fingerprint density at radius 1 is 1.65 bits per heavy atom. The highest BCUT2D eigenvalue weighted by molar-refractivity contribution is 7.99. The number of H-pyrrole nitrogens is 1. The lowest BCUT2D eigenvalue weighted by atomic mass is 10.2. The summed E-state index contributed by atoms with van der Waals surface area (Å²) in [5, 5.41) is 10.0. The van der Waals surface area contributed by atoms with Crippen LogP contribution < -0.4 is 5.32 Å². The molecule has 1 unspecified atom stereocenters. The molecule has 2 N–H and O–H groups in total. The van der Waals surface area contributed by atoms with E-state index < -0.39 is 5.97 Å². The number of hydrogen-bond donors (Lipinski definition) is 2. The van der Waals surface area contributed by atoms with Gasteiger partial charge in [-0.2, -0.15) is 11.8 Å². The lowest BCUT2D eigenvalue weighted by molar-refractivity contribution is 0.0512. The molecule has 6 nitrogen and oxygen atoms in total. The Balaban J connectivity index is 1.91. The van der Waals surface area contributed by atoms with Crippen LogP contribution in [-0.2, 0) is 11.2 Å². The van der Waals surface area contributed by atoms with Gasteiger partial charge in [-0.25, -0.2) is 9.78 Å². The predicted molar refractivity (Wildman–Crippen MR) is 65.2 cm³/mol. The summed E-state index contributed by atoms with van der Waals surface area (Å²) in [7, 11) is 0. The van der Waals surface area contributed by atoms with Crippen molar-refractivity contribution in [1.29, 1.82) is 0 Å². The van der Waals surface area contributed by atoms with Crippen molar-refractivity contribution >= 4 is 17.7 Å². The van der Waals surface area contributed by atoms with Gasteiger partial charge in [0.1, 0.15) is 5.82 Å². The summed E-state index contributed by atoms with van der Waals surface area (Å²) in [5.41, 5.74) is 0. The molecule has 7 heteroatoms. The van der Waals surface area contributed by atoms with Crippen LogP contribution in [0.1, 0.15) is 23.4 Å². The Hall–Kier alpha value is -1.08. The zero-order chi connectivity index (χ0) is 12.1. The molecule has 0 radical (unpaired) electrons. The topological polar surface area (TPSA) is 79.9 Å². The molecule has 0 spiro atoms. The van der Waals surface area contributed by atoms with E-state index in [1.807, 2.05) is 11.8 Å². The van der Waals surface area contributed by atoms with E-state index in [-0.39, 0.29) is 5.82 Å². The van der Waals surface area contributed by atoms with Gasteiger partial charge in [0.2, 0.25) is 0 Å². The summed E-state index contributed by atoms with van der Waals surface area (Å²) in [5.74, 6) is 2.59. The van der Waals surface area contributed by atoms with Crippen LogP contribution in [0.3, 0.4) is 0 Å². The molecule has 1 aromatic heterocycles. The van der Waals surface area contributed by atoms with E-state index in [4.69, 9.17) is 4.74 Å². The number of nitrogens with one attached hydrogen (secondary N) is 2. The van der Waals surface area contributed by atoms with Crippen LogP contribution in [0.15, 0.2) is 0 Å². The van der Waals surface area contributed by atoms with Gasteiger partial charge in [0.15, 0.2) is 0 Å². The van der Waals surface area contributed by atoms with E-state index in [0.717, 1.165) is 30.3 Å². The molecule has 1 fully saturated rings. The second-order valence-electron chi connectivity index (χ2n) is 3.76. The minimum Gasteiger partial charge on any atom is -0.460 e. The highest BCUT2D eigenvalue weighted by atomic mass is 32.2. The third-order valence-electron chi connectivity index (χ3n) is 2.43. The van der Waals surface area contributed by atoms with Crippen LogP contribution in [0.5, 0.6) is 0 Å². The van der Waals surface area contributed by atoms with Crippen molar-refractivity contribution in [2.75, 3.05) is 24.7 Å². The maximum absolute atomic E-state index is 11.4. The quantitative estimate of drug-likeness (QED) is 0.751. The standard InChI is InChI=1S/C10H16N4O2S/c1-2-16-10(15)9-12-8(13-14-9)5-7-6-17-4-3-11-7/h7,11H,2-6H2,1H3,(H,12,13,14). The van der Waals surface area contributed by atoms with E-state index in [1.165, 1.54) is 0 Å². The van der Waals surface area contributed by atoms with Gasteiger partial charge in [0.25, 0.3) is 5.82 Å². The molecule has 1 saturated heterocycles. The summed E-state index contributed by atoms with van der Waals surface area (Å²) in [6.45, 7) is 3.12. The highest BCUT2D eigenvalue weighted by Crippen LogP contribution is 2.10. The summed E-state index contributed by atoms with van der Waals surface area (Å²) in [6.07, 6.45) is 0.763. The molecule has 0 bridgehead atoms. The molecule has 2 heterocycles. The van der Waals surface area contributed by atoms with Crippen LogP contribution in [0, 0.1) is 0 Å². The summed E-state index contributed by atoms with van der Waals surface area (Å²) < 4.78 is 4.83. The van der Waals surface area contributed by atoms with Crippen LogP contribution >= 0.6 is 11.8 Å². The molecule has 1 aromatic rings. The van der Waals surface area contributed by atoms with Crippen molar-refractivity contribution in [3.05, 3.63) is 11.6 Å². The number of aromatic nitrogens is 3. The monoisotopic (exact) mass is 256 g/mol. The van der Waals surface area contributed by atoms with Gasteiger partial charge >= 0.3 is 5.97 Å². The first-order chi connectivity index (χ1) is 8.29. The molecule has 17 heavy (non-hydrogen) atoms. The maximum Gasteiger partial charge on any atom is 0.378 e. The van der Waals surface area contributed by atoms with Gasteiger partial charge in [-0.15, -0.1) is 5.10 Å². The minimum absolute atomic E-state index is 0.116.